The molecule has 1 fully saturated rings. The molecule has 1 aliphatic heterocycles. The summed E-state index contributed by atoms with van der Waals surface area (Å²) in [4.78, 5) is 2.55. The summed E-state index contributed by atoms with van der Waals surface area (Å²) in [5.41, 5.74) is 3.68. The number of nitrogens with one attached hydrogen (secondary N) is 1. The number of rotatable bonds is 5. The van der Waals surface area contributed by atoms with Crippen molar-refractivity contribution in [3.8, 4) is 5.69 Å². The molecule has 1 aliphatic rings. The molecule has 1 atom stereocenters. The molecule has 4 heteroatoms. The summed E-state index contributed by atoms with van der Waals surface area (Å²) in [6.45, 7) is 3.24. The van der Waals surface area contributed by atoms with Crippen molar-refractivity contribution in [1.29, 1.82) is 0 Å². The van der Waals surface area contributed by atoms with Crippen LogP contribution < -0.4 is 5.32 Å². The van der Waals surface area contributed by atoms with Crippen LogP contribution in [0.3, 0.4) is 0 Å². The second-order valence-electron chi connectivity index (χ2n) is 6.71. The lowest BCUT2D eigenvalue weighted by Gasteiger charge is -2.33. The van der Waals surface area contributed by atoms with Crippen molar-refractivity contribution >= 4 is 5.69 Å². The van der Waals surface area contributed by atoms with Crippen LogP contribution in [0.5, 0.6) is 0 Å². The van der Waals surface area contributed by atoms with Crippen LogP contribution in [0, 0.1) is 0 Å². The smallest absolute Gasteiger partial charge is 0.0648 e. The molecule has 4 rings (SSSR count). The number of nitrogens with zero attached hydrogens (tertiary/aromatic N) is 3. The highest BCUT2D eigenvalue weighted by molar-refractivity contribution is 5.43. The van der Waals surface area contributed by atoms with E-state index in [1.807, 2.05) is 23.1 Å². The Bertz CT molecular complexity index is 783. The van der Waals surface area contributed by atoms with Crippen LogP contribution >= 0.6 is 0 Å². The Morgan fingerprint density at radius 1 is 1.04 bits per heavy atom. The summed E-state index contributed by atoms with van der Waals surface area (Å²) < 4.78 is 1.92. The fourth-order valence-corrected chi connectivity index (χ4v) is 3.56. The predicted molar refractivity (Wildman–Crippen MR) is 102 cm³/mol. The maximum Gasteiger partial charge on any atom is 0.0648 e. The Balaban J connectivity index is 1.40. The third kappa shape index (κ3) is 4.09. The lowest BCUT2D eigenvalue weighted by Crippen LogP contribution is -2.41. The average molecular weight is 332 g/mol. The molecule has 0 unspecified atom stereocenters. The van der Waals surface area contributed by atoms with Gasteiger partial charge in [0.25, 0.3) is 0 Å². The molecule has 0 aliphatic carbocycles. The van der Waals surface area contributed by atoms with Crippen LogP contribution in [0.25, 0.3) is 5.69 Å². The lowest BCUT2D eigenvalue weighted by atomic mass is 10.0. The molecule has 0 amide bonds. The summed E-state index contributed by atoms with van der Waals surface area (Å²) in [5.74, 6) is 0. The van der Waals surface area contributed by atoms with Gasteiger partial charge >= 0.3 is 0 Å². The molecule has 128 valence electrons. The molecule has 1 aromatic heterocycles. The Hall–Kier alpha value is -2.59. The molecule has 0 bridgehead atoms. The fraction of sp³-hybridized carbons (Fsp3) is 0.286. The first kappa shape index (κ1) is 15.9. The predicted octanol–water partition coefficient (Wildman–Crippen LogP) is 3.95. The van der Waals surface area contributed by atoms with Gasteiger partial charge in [0.15, 0.2) is 0 Å². The van der Waals surface area contributed by atoms with Crippen LogP contribution in [-0.4, -0.2) is 33.8 Å². The molecule has 0 saturated carbocycles. The first-order valence-corrected chi connectivity index (χ1v) is 9.00. The highest BCUT2D eigenvalue weighted by atomic mass is 15.3. The Kier molecular flexibility index (Phi) is 4.79. The molecule has 4 nitrogen and oxygen atoms in total. The quantitative estimate of drug-likeness (QED) is 0.768. The van der Waals surface area contributed by atoms with Gasteiger partial charge in [0.2, 0.25) is 0 Å². The number of para-hydroxylation sites is 1. The van der Waals surface area contributed by atoms with Crippen molar-refractivity contribution in [1.82, 2.24) is 14.7 Å². The molecule has 3 aromatic rings. The van der Waals surface area contributed by atoms with Crippen LogP contribution in [0.4, 0.5) is 5.69 Å². The van der Waals surface area contributed by atoms with Crippen LogP contribution in [0.1, 0.15) is 18.4 Å². The summed E-state index contributed by atoms with van der Waals surface area (Å²) in [5, 5.41) is 8.00. The number of hydrogen-bond acceptors (Lipinski definition) is 3. The summed E-state index contributed by atoms with van der Waals surface area (Å²) in [7, 11) is 0. The van der Waals surface area contributed by atoms with Crippen molar-refractivity contribution < 1.29 is 0 Å². The van der Waals surface area contributed by atoms with Crippen molar-refractivity contribution in [3.63, 3.8) is 0 Å². The van der Waals surface area contributed by atoms with E-state index in [9.17, 15) is 0 Å². The van der Waals surface area contributed by atoms with Crippen molar-refractivity contribution in [3.05, 3.63) is 78.6 Å². The second-order valence-corrected chi connectivity index (χ2v) is 6.71. The summed E-state index contributed by atoms with van der Waals surface area (Å²) in [6, 6.07) is 21.7. The van der Waals surface area contributed by atoms with Gasteiger partial charge in [-0.1, -0.05) is 30.3 Å². The zero-order chi connectivity index (χ0) is 16.9. The van der Waals surface area contributed by atoms with Gasteiger partial charge in [-0.05, 0) is 55.3 Å². The zero-order valence-corrected chi connectivity index (χ0v) is 14.4. The van der Waals surface area contributed by atoms with Crippen molar-refractivity contribution in [2.75, 3.05) is 18.4 Å². The van der Waals surface area contributed by atoms with E-state index in [0.717, 1.165) is 18.8 Å². The van der Waals surface area contributed by atoms with Gasteiger partial charge in [-0.3, -0.25) is 4.90 Å². The number of likely N-dealkylation sites (tertiary alicyclic amines) is 1. The first-order chi connectivity index (χ1) is 12.4. The third-order valence-electron chi connectivity index (χ3n) is 4.74. The van der Waals surface area contributed by atoms with Gasteiger partial charge in [0, 0.05) is 37.2 Å². The fourth-order valence-electron chi connectivity index (χ4n) is 3.56. The van der Waals surface area contributed by atoms with E-state index in [2.05, 4.69) is 69.9 Å². The minimum absolute atomic E-state index is 0.519. The average Bonchev–Trinajstić information content (AvgIpc) is 3.18. The lowest BCUT2D eigenvalue weighted by molar-refractivity contribution is 0.208. The monoisotopic (exact) mass is 332 g/mol. The molecular formula is C21H24N4. The minimum atomic E-state index is 0.519. The van der Waals surface area contributed by atoms with Crippen molar-refractivity contribution in [2.45, 2.75) is 25.4 Å². The maximum absolute atomic E-state index is 4.33. The van der Waals surface area contributed by atoms with E-state index in [1.165, 1.54) is 30.6 Å². The molecule has 25 heavy (non-hydrogen) atoms. The normalized spacial score (nSPS) is 18.2. The van der Waals surface area contributed by atoms with Gasteiger partial charge < -0.3 is 5.32 Å². The molecule has 1 saturated heterocycles. The molecule has 0 spiro atoms. The van der Waals surface area contributed by atoms with Gasteiger partial charge in [0.05, 0.1) is 5.69 Å². The van der Waals surface area contributed by atoms with E-state index in [4.69, 9.17) is 0 Å². The van der Waals surface area contributed by atoms with Gasteiger partial charge in [-0.25, -0.2) is 4.68 Å². The molecule has 1 N–H and O–H groups in total. The highest BCUT2D eigenvalue weighted by Crippen LogP contribution is 2.19. The number of anilines is 1. The van der Waals surface area contributed by atoms with E-state index < -0.39 is 0 Å². The summed E-state index contributed by atoms with van der Waals surface area (Å²) in [6.07, 6.45) is 6.28. The molecule has 2 aromatic carbocycles. The summed E-state index contributed by atoms with van der Waals surface area (Å²) >= 11 is 0. The van der Waals surface area contributed by atoms with E-state index in [0.29, 0.717) is 6.04 Å². The third-order valence-corrected chi connectivity index (χ3v) is 4.74. The number of piperidine rings is 1. The van der Waals surface area contributed by atoms with Gasteiger partial charge in [-0.2, -0.15) is 5.10 Å². The van der Waals surface area contributed by atoms with Crippen molar-refractivity contribution in [2.24, 2.45) is 0 Å². The standard InChI is InChI=1S/C21H24N4/c1-2-8-19(9-3-1)23-20-10-5-13-24(17-20)16-18-7-4-11-21(15-18)25-14-6-12-22-25/h1-4,6-9,11-12,14-15,20,23H,5,10,13,16-17H2/t20-/m0/s1. The maximum atomic E-state index is 4.33. The molecule has 2 heterocycles. The van der Waals surface area contributed by atoms with E-state index >= 15 is 0 Å². The van der Waals surface area contributed by atoms with Crippen LogP contribution in [-0.2, 0) is 6.54 Å². The Morgan fingerprint density at radius 2 is 1.96 bits per heavy atom. The van der Waals surface area contributed by atoms with E-state index in [1.54, 1.807) is 0 Å². The Labute approximate surface area is 149 Å². The first-order valence-electron chi connectivity index (χ1n) is 9.00. The molecule has 0 radical (unpaired) electrons. The van der Waals surface area contributed by atoms with Gasteiger partial charge in [-0.15, -0.1) is 0 Å². The Morgan fingerprint density at radius 3 is 2.80 bits per heavy atom. The molecular weight excluding hydrogens is 308 g/mol. The number of aromatic nitrogens is 2. The van der Waals surface area contributed by atoms with Crippen LogP contribution in [0.15, 0.2) is 73.1 Å². The second kappa shape index (κ2) is 7.53. The largest absolute Gasteiger partial charge is 0.381 e. The SMILES string of the molecule is c1ccc(N[C@H]2CCCN(Cc3cccc(-n4cccn4)c3)C2)cc1. The number of hydrogen-bond donors (Lipinski definition) is 1. The topological polar surface area (TPSA) is 33.1 Å². The van der Waals surface area contributed by atoms with Gasteiger partial charge in [0.1, 0.15) is 0 Å². The van der Waals surface area contributed by atoms with Crippen LogP contribution in [0.2, 0.25) is 0 Å². The zero-order valence-electron chi connectivity index (χ0n) is 14.4. The minimum Gasteiger partial charge on any atom is -0.381 e. The highest BCUT2D eigenvalue weighted by Gasteiger charge is 2.19. The van der Waals surface area contributed by atoms with E-state index in [-0.39, 0.29) is 0 Å². The number of benzene rings is 2.